The third-order valence-corrected chi connectivity index (χ3v) is 7.38. The summed E-state index contributed by atoms with van der Waals surface area (Å²) in [6, 6.07) is 14.2. The van der Waals surface area contributed by atoms with E-state index in [4.69, 9.17) is 0 Å². The number of hydrogen-bond acceptors (Lipinski definition) is 2. The molecule has 0 saturated carbocycles. The molecule has 1 unspecified atom stereocenters. The molecule has 4 rings (SSSR count). The van der Waals surface area contributed by atoms with Crippen LogP contribution in [0.5, 0.6) is 0 Å². The van der Waals surface area contributed by atoms with Gasteiger partial charge in [0.1, 0.15) is 5.16 Å². The lowest BCUT2D eigenvalue weighted by atomic mass is 9.92. The summed E-state index contributed by atoms with van der Waals surface area (Å²) in [6.07, 6.45) is 13.0. The fraction of sp³-hybridized carbons (Fsp3) is 0.200. The molecule has 2 N–H and O–H groups in total. The molecule has 2 heterocycles. The first kappa shape index (κ1) is 21.4. The standard InChI is InChI=1S/C25H25N2O3P/c1-19-14-20(2)16-23(15-19)27-13-8-22(21-6-11-26-12-7-21)17-24(27)18-25(31(28,29)30)9-4-3-5-10-25/h3-9,11-17H,10,18H2,1-2H3,(H-,28,29,30)/p+1. The van der Waals surface area contributed by atoms with E-state index in [1.54, 1.807) is 24.5 Å². The number of benzene rings is 1. The van der Waals surface area contributed by atoms with Crippen molar-refractivity contribution in [2.75, 3.05) is 0 Å². The molecule has 1 aromatic carbocycles. The molecule has 2 aromatic heterocycles. The Balaban J connectivity index is 1.89. The largest absolute Gasteiger partial charge is 0.336 e. The highest BCUT2D eigenvalue weighted by molar-refractivity contribution is 7.53. The van der Waals surface area contributed by atoms with Crippen LogP contribution in [0.2, 0.25) is 0 Å². The summed E-state index contributed by atoms with van der Waals surface area (Å²) >= 11 is 0. The second-order valence-electron chi connectivity index (χ2n) is 8.17. The topological polar surface area (TPSA) is 74.3 Å². The summed E-state index contributed by atoms with van der Waals surface area (Å²) in [5, 5.41) is -1.26. The highest BCUT2D eigenvalue weighted by Crippen LogP contribution is 2.56. The molecule has 0 amide bonds. The van der Waals surface area contributed by atoms with Gasteiger partial charge in [-0.1, -0.05) is 30.4 Å². The highest BCUT2D eigenvalue weighted by atomic mass is 31.2. The first-order valence-corrected chi connectivity index (χ1v) is 11.8. The summed E-state index contributed by atoms with van der Waals surface area (Å²) in [7, 11) is -4.42. The average molecular weight is 433 g/mol. The van der Waals surface area contributed by atoms with Crippen LogP contribution in [-0.2, 0) is 11.0 Å². The van der Waals surface area contributed by atoms with Crippen molar-refractivity contribution in [3.05, 3.63) is 102 Å². The first-order chi connectivity index (χ1) is 14.8. The summed E-state index contributed by atoms with van der Waals surface area (Å²) in [5.41, 5.74) is 6.07. The summed E-state index contributed by atoms with van der Waals surface area (Å²) < 4.78 is 14.7. The lowest BCUT2D eigenvalue weighted by molar-refractivity contribution is -0.604. The highest BCUT2D eigenvalue weighted by Gasteiger charge is 2.46. The van der Waals surface area contributed by atoms with Gasteiger partial charge in [0.25, 0.3) is 0 Å². The van der Waals surface area contributed by atoms with Crippen LogP contribution in [0.15, 0.2) is 85.4 Å². The molecule has 1 aliphatic carbocycles. The number of allylic oxidation sites excluding steroid dienone is 4. The van der Waals surface area contributed by atoms with Crippen molar-refractivity contribution in [2.45, 2.75) is 31.8 Å². The summed E-state index contributed by atoms with van der Waals surface area (Å²) in [4.78, 5) is 24.7. The quantitative estimate of drug-likeness (QED) is 0.455. The fourth-order valence-electron chi connectivity index (χ4n) is 4.17. The average Bonchev–Trinajstić information content (AvgIpc) is 2.73. The Bertz CT molecular complexity index is 1190. The van der Waals surface area contributed by atoms with Gasteiger partial charge < -0.3 is 9.79 Å². The molecule has 158 valence electrons. The minimum atomic E-state index is -4.42. The predicted octanol–water partition coefficient (Wildman–Crippen LogP) is 4.62. The van der Waals surface area contributed by atoms with Gasteiger partial charge in [0.2, 0.25) is 5.69 Å². The van der Waals surface area contributed by atoms with Crippen LogP contribution in [0.1, 0.15) is 23.2 Å². The maximum absolute atomic E-state index is 12.6. The maximum atomic E-state index is 12.6. The normalized spacial score (nSPS) is 18.3. The minimum absolute atomic E-state index is 0.212. The van der Waals surface area contributed by atoms with E-state index in [1.165, 1.54) is 0 Å². The molecule has 6 heteroatoms. The molecule has 0 saturated heterocycles. The fourth-order valence-corrected chi connectivity index (χ4v) is 5.16. The molecule has 5 nitrogen and oxygen atoms in total. The van der Waals surface area contributed by atoms with E-state index in [2.05, 4.69) is 23.2 Å². The molecule has 3 aromatic rings. The molecular weight excluding hydrogens is 407 g/mol. The van der Waals surface area contributed by atoms with E-state index in [0.717, 1.165) is 33.6 Å². The van der Waals surface area contributed by atoms with Gasteiger partial charge in [0.05, 0.1) is 6.42 Å². The summed E-state index contributed by atoms with van der Waals surface area (Å²) in [6.45, 7) is 4.10. The van der Waals surface area contributed by atoms with Crippen LogP contribution in [0.3, 0.4) is 0 Å². The van der Waals surface area contributed by atoms with Crippen LogP contribution in [-0.4, -0.2) is 19.9 Å². The number of aromatic nitrogens is 2. The van der Waals surface area contributed by atoms with E-state index in [9.17, 15) is 14.4 Å². The zero-order valence-corrected chi connectivity index (χ0v) is 18.5. The van der Waals surface area contributed by atoms with Gasteiger partial charge in [0, 0.05) is 36.7 Å². The van der Waals surface area contributed by atoms with Gasteiger partial charge in [-0.25, -0.2) is 0 Å². The van der Waals surface area contributed by atoms with Gasteiger partial charge >= 0.3 is 7.60 Å². The smallest absolute Gasteiger partial charge is 0.324 e. The van der Waals surface area contributed by atoms with Crippen molar-refractivity contribution < 1.29 is 18.9 Å². The predicted molar refractivity (Wildman–Crippen MR) is 122 cm³/mol. The van der Waals surface area contributed by atoms with Gasteiger partial charge in [-0.15, -0.1) is 0 Å². The van der Waals surface area contributed by atoms with E-state index in [1.807, 2.05) is 61.0 Å². The summed E-state index contributed by atoms with van der Waals surface area (Å²) in [5.74, 6) is 0. The van der Waals surface area contributed by atoms with Crippen LogP contribution in [0.25, 0.3) is 16.8 Å². The Morgan fingerprint density at radius 1 is 1.00 bits per heavy atom. The Hall–Kier alpha value is -2.85. The molecule has 0 fully saturated rings. The van der Waals surface area contributed by atoms with Crippen molar-refractivity contribution in [2.24, 2.45) is 0 Å². The van der Waals surface area contributed by atoms with E-state index in [0.29, 0.717) is 6.42 Å². The number of pyridine rings is 2. The third-order valence-electron chi connectivity index (χ3n) is 5.73. The molecule has 0 spiro atoms. The van der Waals surface area contributed by atoms with Gasteiger partial charge in [-0.3, -0.25) is 9.55 Å². The van der Waals surface area contributed by atoms with Crippen LogP contribution >= 0.6 is 7.60 Å². The Kier molecular flexibility index (Phi) is 5.76. The van der Waals surface area contributed by atoms with Crippen molar-refractivity contribution >= 4 is 7.60 Å². The van der Waals surface area contributed by atoms with E-state index < -0.39 is 12.8 Å². The lowest BCUT2D eigenvalue weighted by Gasteiger charge is -2.31. The monoisotopic (exact) mass is 433 g/mol. The van der Waals surface area contributed by atoms with E-state index >= 15 is 0 Å². The molecule has 1 atom stereocenters. The van der Waals surface area contributed by atoms with Crippen LogP contribution in [0, 0.1) is 13.8 Å². The third kappa shape index (κ3) is 4.45. The van der Waals surface area contributed by atoms with Gasteiger partial charge in [0.15, 0.2) is 11.9 Å². The minimum Gasteiger partial charge on any atom is -0.324 e. The van der Waals surface area contributed by atoms with Crippen molar-refractivity contribution in [3.8, 4) is 16.8 Å². The number of rotatable bonds is 5. The van der Waals surface area contributed by atoms with Crippen LogP contribution < -0.4 is 4.57 Å². The zero-order chi connectivity index (χ0) is 22.1. The number of nitrogens with zero attached hydrogens (tertiary/aromatic N) is 2. The first-order valence-electron chi connectivity index (χ1n) is 10.2. The molecule has 31 heavy (non-hydrogen) atoms. The second-order valence-corrected chi connectivity index (χ2v) is 10.2. The van der Waals surface area contributed by atoms with Crippen molar-refractivity contribution in [1.82, 2.24) is 4.98 Å². The Morgan fingerprint density at radius 2 is 1.71 bits per heavy atom. The van der Waals surface area contributed by atoms with Crippen LogP contribution in [0.4, 0.5) is 0 Å². The molecule has 1 aliphatic rings. The van der Waals surface area contributed by atoms with Gasteiger partial charge in [-0.2, -0.15) is 4.57 Å². The van der Waals surface area contributed by atoms with Crippen molar-refractivity contribution in [1.29, 1.82) is 0 Å². The van der Waals surface area contributed by atoms with E-state index in [-0.39, 0.29) is 6.42 Å². The molecule has 0 radical (unpaired) electrons. The Labute approximate surface area is 182 Å². The molecular formula is C25H26N2O3P+. The second kappa shape index (κ2) is 8.35. The number of aryl methyl sites for hydroxylation is 2. The Morgan fingerprint density at radius 3 is 2.32 bits per heavy atom. The SMILES string of the molecule is Cc1cc(C)cc(-[n+]2ccc(-c3ccncc3)cc2CC2(P(=O)(O)O)C=CC=CC2)c1. The van der Waals surface area contributed by atoms with Crippen molar-refractivity contribution in [3.63, 3.8) is 0 Å². The lowest BCUT2D eigenvalue weighted by Crippen LogP contribution is -2.41. The molecule has 0 aliphatic heterocycles. The number of hydrogen-bond donors (Lipinski definition) is 2. The maximum Gasteiger partial charge on any atom is 0.336 e. The zero-order valence-electron chi connectivity index (χ0n) is 17.6. The van der Waals surface area contributed by atoms with Gasteiger partial charge in [-0.05, 0) is 54.7 Å². The molecule has 0 bridgehead atoms.